The highest BCUT2D eigenvalue weighted by Gasteiger charge is 2.38. The predicted molar refractivity (Wildman–Crippen MR) is 112 cm³/mol. The normalized spacial score (nSPS) is 12.5. The summed E-state index contributed by atoms with van der Waals surface area (Å²) in [5.74, 6) is -2.84. The monoisotopic (exact) mass is 446 g/mol. The number of hydrogen-bond acceptors (Lipinski definition) is 4. The molecule has 1 aromatic heterocycles. The van der Waals surface area contributed by atoms with Gasteiger partial charge in [-0.2, -0.15) is 13.2 Å². The van der Waals surface area contributed by atoms with Gasteiger partial charge in [0.15, 0.2) is 0 Å². The Kier molecular flexibility index (Phi) is 6.64. The van der Waals surface area contributed by atoms with Gasteiger partial charge in [0.1, 0.15) is 0 Å². The van der Waals surface area contributed by atoms with Crippen LogP contribution in [0.2, 0.25) is 0 Å². The smallest absolute Gasteiger partial charge is 0.475 e. The average Bonchev–Trinajstić information content (AvgIpc) is 3.34. The lowest BCUT2D eigenvalue weighted by Crippen LogP contribution is -2.21. The lowest BCUT2D eigenvalue weighted by Gasteiger charge is -2.09. The number of benzene rings is 2. The molecule has 0 bridgehead atoms. The molecule has 0 spiro atoms. The Labute approximate surface area is 181 Å². The van der Waals surface area contributed by atoms with E-state index in [1.165, 1.54) is 11.1 Å². The number of fused-ring (bicyclic) bond motifs is 1. The maximum absolute atomic E-state index is 12.5. The van der Waals surface area contributed by atoms with Crippen molar-refractivity contribution in [3.05, 3.63) is 76.9 Å². The molecule has 3 N–H and O–H groups in total. The minimum absolute atomic E-state index is 0.0860. The van der Waals surface area contributed by atoms with Gasteiger partial charge < -0.3 is 20.3 Å². The van der Waals surface area contributed by atoms with Gasteiger partial charge in [-0.05, 0) is 61.4 Å². The van der Waals surface area contributed by atoms with Crippen LogP contribution in [-0.4, -0.2) is 32.7 Å². The highest BCUT2D eigenvalue weighted by Crippen LogP contribution is 2.20. The molecule has 0 atom stereocenters. The van der Waals surface area contributed by atoms with Gasteiger partial charge in [0.25, 0.3) is 5.91 Å². The van der Waals surface area contributed by atoms with Crippen molar-refractivity contribution in [1.29, 1.82) is 0 Å². The molecular weight excluding hydrogens is 425 g/mol. The summed E-state index contributed by atoms with van der Waals surface area (Å²) in [5, 5.41) is 13.4. The first kappa shape index (κ1) is 23.0. The highest BCUT2D eigenvalue weighted by atomic mass is 19.4. The molecule has 1 amide bonds. The SMILES string of the molecule is Cc1ncn(-c2ccc(NC(=O)c3ccc4c(c3)CNC4)cc2)c1C.O=C(O)C(F)(F)F. The van der Waals surface area contributed by atoms with E-state index >= 15 is 0 Å². The number of nitrogens with one attached hydrogen (secondary N) is 2. The first-order chi connectivity index (χ1) is 15.1. The van der Waals surface area contributed by atoms with E-state index in [0.29, 0.717) is 5.56 Å². The molecule has 0 saturated heterocycles. The van der Waals surface area contributed by atoms with Crippen LogP contribution in [0, 0.1) is 13.8 Å². The number of alkyl halides is 3. The van der Waals surface area contributed by atoms with Crippen molar-refractivity contribution in [2.75, 3.05) is 5.32 Å². The Hall–Kier alpha value is -3.66. The number of nitrogens with zero attached hydrogens (tertiary/aromatic N) is 2. The standard InChI is InChI=1S/C20H20N4O.C2HF3O2/c1-13-14(2)24(12-22-13)19-7-5-18(6-8-19)23-20(25)15-3-4-16-10-21-11-17(16)9-15;3-2(4,5)1(6)7/h3-9,12,21H,10-11H2,1-2H3,(H,23,25);(H,6,7). The summed E-state index contributed by atoms with van der Waals surface area (Å²) in [6.45, 7) is 5.74. The molecule has 10 heteroatoms. The number of carbonyl (C=O) groups is 2. The van der Waals surface area contributed by atoms with Crippen LogP contribution < -0.4 is 10.6 Å². The number of anilines is 1. The van der Waals surface area contributed by atoms with Gasteiger partial charge in [-0.25, -0.2) is 9.78 Å². The molecule has 2 heterocycles. The summed E-state index contributed by atoms with van der Waals surface area (Å²) in [7, 11) is 0. The Morgan fingerprint density at radius 2 is 1.69 bits per heavy atom. The Bertz CT molecular complexity index is 1140. The highest BCUT2D eigenvalue weighted by molar-refractivity contribution is 6.04. The third-order valence-corrected chi connectivity index (χ3v) is 5.00. The fourth-order valence-corrected chi connectivity index (χ4v) is 3.10. The molecule has 0 saturated carbocycles. The largest absolute Gasteiger partial charge is 0.490 e. The fraction of sp³-hybridized carbons (Fsp3) is 0.227. The fourth-order valence-electron chi connectivity index (χ4n) is 3.10. The number of aromatic nitrogens is 2. The van der Waals surface area contributed by atoms with E-state index in [4.69, 9.17) is 9.90 Å². The molecule has 1 aliphatic heterocycles. The Balaban J connectivity index is 0.000000360. The lowest BCUT2D eigenvalue weighted by atomic mass is 10.1. The minimum Gasteiger partial charge on any atom is -0.475 e. The molecule has 0 radical (unpaired) electrons. The second kappa shape index (κ2) is 9.23. The quantitative estimate of drug-likeness (QED) is 0.566. The number of carbonyl (C=O) groups excluding carboxylic acids is 1. The number of halogens is 3. The number of aryl methyl sites for hydroxylation is 1. The molecule has 0 aliphatic carbocycles. The van der Waals surface area contributed by atoms with Gasteiger partial charge in [0.05, 0.1) is 12.0 Å². The van der Waals surface area contributed by atoms with Crippen LogP contribution in [0.25, 0.3) is 5.69 Å². The van der Waals surface area contributed by atoms with E-state index in [1.54, 1.807) is 0 Å². The zero-order chi connectivity index (χ0) is 23.5. The van der Waals surface area contributed by atoms with Gasteiger partial charge >= 0.3 is 12.1 Å². The van der Waals surface area contributed by atoms with Gasteiger partial charge in [0, 0.05) is 35.7 Å². The van der Waals surface area contributed by atoms with Crippen molar-refractivity contribution in [2.45, 2.75) is 33.1 Å². The predicted octanol–water partition coefficient (Wildman–Crippen LogP) is 3.98. The van der Waals surface area contributed by atoms with E-state index in [2.05, 4.69) is 15.6 Å². The number of rotatable bonds is 3. The van der Waals surface area contributed by atoms with Crippen molar-refractivity contribution in [3.8, 4) is 5.69 Å². The van der Waals surface area contributed by atoms with Crippen molar-refractivity contribution < 1.29 is 27.9 Å². The maximum atomic E-state index is 12.5. The summed E-state index contributed by atoms with van der Waals surface area (Å²) in [5.41, 5.74) is 7.10. The van der Waals surface area contributed by atoms with Crippen molar-refractivity contribution in [1.82, 2.24) is 14.9 Å². The minimum atomic E-state index is -5.08. The summed E-state index contributed by atoms with van der Waals surface area (Å²) in [4.78, 5) is 25.7. The summed E-state index contributed by atoms with van der Waals surface area (Å²) >= 11 is 0. The van der Waals surface area contributed by atoms with Crippen molar-refractivity contribution in [3.63, 3.8) is 0 Å². The third-order valence-electron chi connectivity index (χ3n) is 5.00. The van der Waals surface area contributed by atoms with Crippen LogP contribution in [0.3, 0.4) is 0 Å². The van der Waals surface area contributed by atoms with Crippen molar-refractivity contribution >= 4 is 17.6 Å². The van der Waals surface area contributed by atoms with E-state index in [1.807, 2.05) is 67.2 Å². The van der Waals surface area contributed by atoms with Crippen LogP contribution in [0.4, 0.5) is 18.9 Å². The summed E-state index contributed by atoms with van der Waals surface area (Å²) < 4.78 is 33.8. The molecule has 4 rings (SSSR count). The van der Waals surface area contributed by atoms with Crippen LogP contribution in [0.15, 0.2) is 48.8 Å². The zero-order valence-corrected chi connectivity index (χ0v) is 17.3. The van der Waals surface area contributed by atoms with E-state index in [-0.39, 0.29) is 5.91 Å². The zero-order valence-electron chi connectivity index (χ0n) is 17.3. The van der Waals surface area contributed by atoms with Crippen LogP contribution in [0.5, 0.6) is 0 Å². The van der Waals surface area contributed by atoms with E-state index in [0.717, 1.165) is 35.9 Å². The van der Waals surface area contributed by atoms with Gasteiger partial charge in [0.2, 0.25) is 0 Å². The topological polar surface area (TPSA) is 96.3 Å². The van der Waals surface area contributed by atoms with Crippen molar-refractivity contribution in [2.24, 2.45) is 0 Å². The van der Waals surface area contributed by atoms with Gasteiger partial charge in [-0.15, -0.1) is 0 Å². The molecule has 32 heavy (non-hydrogen) atoms. The molecule has 2 aromatic carbocycles. The molecule has 0 unspecified atom stereocenters. The number of amides is 1. The van der Waals surface area contributed by atoms with Gasteiger partial charge in [-0.3, -0.25) is 4.79 Å². The van der Waals surface area contributed by atoms with E-state index in [9.17, 15) is 18.0 Å². The van der Waals surface area contributed by atoms with Crippen LogP contribution in [0.1, 0.15) is 32.9 Å². The first-order valence-corrected chi connectivity index (χ1v) is 9.61. The average molecular weight is 446 g/mol. The number of carboxylic acids is 1. The molecular formula is C22H21F3N4O3. The molecule has 3 aromatic rings. The molecule has 1 aliphatic rings. The molecule has 7 nitrogen and oxygen atoms in total. The number of imidazole rings is 1. The van der Waals surface area contributed by atoms with Crippen LogP contribution in [-0.2, 0) is 17.9 Å². The Morgan fingerprint density at radius 1 is 1.06 bits per heavy atom. The Morgan fingerprint density at radius 3 is 2.25 bits per heavy atom. The number of hydrogen-bond donors (Lipinski definition) is 3. The lowest BCUT2D eigenvalue weighted by molar-refractivity contribution is -0.192. The molecule has 168 valence electrons. The first-order valence-electron chi connectivity index (χ1n) is 9.61. The number of aliphatic carboxylic acids is 1. The van der Waals surface area contributed by atoms with Crippen LogP contribution >= 0.6 is 0 Å². The molecule has 0 fully saturated rings. The number of carboxylic acid groups (broad SMARTS) is 1. The van der Waals surface area contributed by atoms with Gasteiger partial charge in [-0.1, -0.05) is 6.07 Å². The summed E-state index contributed by atoms with van der Waals surface area (Å²) in [6, 6.07) is 13.7. The second-order valence-electron chi connectivity index (χ2n) is 7.18. The second-order valence-corrected chi connectivity index (χ2v) is 7.18. The summed E-state index contributed by atoms with van der Waals surface area (Å²) in [6.07, 6.45) is -3.27. The third kappa shape index (κ3) is 5.33. The maximum Gasteiger partial charge on any atom is 0.490 e. The van der Waals surface area contributed by atoms with E-state index < -0.39 is 12.1 Å².